The molecule has 0 saturated carbocycles. The number of aryl methyl sites for hydroxylation is 2. The predicted octanol–water partition coefficient (Wildman–Crippen LogP) is 8.03. The van der Waals surface area contributed by atoms with E-state index in [0.29, 0.717) is 31.3 Å². The molecule has 0 aliphatic carbocycles. The van der Waals surface area contributed by atoms with Crippen molar-refractivity contribution in [3.05, 3.63) is 109 Å². The SMILES string of the molecule is Cc1ccc(C)c(C(O)=C2C(=O)C(=O)N(c3nnc(SCc4ccccc4Cl)s3)C2c2ccc(Cl)c(Cl)c2)c1. The summed E-state index contributed by atoms with van der Waals surface area (Å²) in [6, 6.07) is 16.9. The molecule has 2 heterocycles. The van der Waals surface area contributed by atoms with Gasteiger partial charge in [-0.3, -0.25) is 14.5 Å². The molecule has 0 bridgehead atoms. The molecule has 1 saturated heterocycles. The second-order valence-corrected chi connectivity index (χ2v) is 12.3. The lowest BCUT2D eigenvalue weighted by Crippen LogP contribution is -2.29. The number of hydrogen-bond donors (Lipinski definition) is 1. The van der Waals surface area contributed by atoms with Crippen molar-refractivity contribution in [2.75, 3.05) is 4.90 Å². The van der Waals surface area contributed by atoms with Gasteiger partial charge in [0.05, 0.1) is 21.7 Å². The van der Waals surface area contributed by atoms with Crippen LogP contribution in [0.4, 0.5) is 5.13 Å². The van der Waals surface area contributed by atoms with Crippen molar-refractivity contribution < 1.29 is 14.7 Å². The van der Waals surface area contributed by atoms with Crippen LogP contribution >= 0.6 is 57.9 Å². The Bertz CT molecular complexity index is 1650. The number of ketones is 1. The van der Waals surface area contributed by atoms with E-state index in [-0.39, 0.29) is 21.5 Å². The Balaban J connectivity index is 1.59. The number of rotatable bonds is 6. The van der Waals surface area contributed by atoms with Crippen molar-refractivity contribution in [1.29, 1.82) is 0 Å². The summed E-state index contributed by atoms with van der Waals surface area (Å²) in [6.07, 6.45) is 0. The third-order valence-electron chi connectivity index (χ3n) is 6.26. The molecule has 198 valence electrons. The maximum Gasteiger partial charge on any atom is 0.301 e. The van der Waals surface area contributed by atoms with Gasteiger partial charge in [0.1, 0.15) is 5.76 Å². The normalized spacial score (nSPS) is 16.7. The van der Waals surface area contributed by atoms with Crippen LogP contribution in [0.25, 0.3) is 5.76 Å². The molecule has 11 heteroatoms. The summed E-state index contributed by atoms with van der Waals surface area (Å²) in [5, 5.41) is 21.4. The average Bonchev–Trinajstić information content (AvgIpc) is 3.48. The molecule has 1 atom stereocenters. The molecule has 1 aromatic heterocycles. The number of carbonyl (C=O) groups excluding carboxylic acids is 2. The minimum Gasteiger partial charge on any atom is -0.507 e. The Kier molecular flexibility index (Phi) is 8.03. The van der Waals surface area contributed by atoms with Gasteiger partial charge in [0.15, 0.2) is 4.34 Å². The number of carbonyl (C=O) groups is 2. The first kappa shape index (κ1) is 27.7. The maximum absolute atomic E-state index is 13.5. The molecule has 6 nitrogen and oxygen atoms in total. The molecule has 1 unspecified atom stereocenters. The number of aliphatic hydroxyl groups is 1. The third kappa shape index (κ3) is 5.44. The average molecular weight is 617 g/mol. The molecular weight excluding hydrogens is 597 g/mol. The smallest absolute Gasteiger partial charge is 0.301 e. The van der Waals surface area contributed by atoms with Crippen molar-refractivity contribution in [3.8, 4) is 0 Å². The van der Waals surface area contributed by atoms with E-state index in [1.54, 1.807) is 24.3 Å². The van der Waals surface area contributed by atoms with Crippen molar-refractivity contribution in [2.24, 2.45) is 0 Å². The van der Waals surface area contributed by atoms with Gasteiger partial charge >= 0.3 is 5.91 Å². The van der Waals surface area contributed by atoms with Gasteiger partial charge in [-0.1, -0.05) is 99.9 Å². The molecule has 1 aliphatic heterocycles. The summed E-state index contributed by atoms with van der Waals surface area (Å²) in [7, 11) is 0. The number of thioether (sulfide) groups is 1. The molecule has 1 N–H and O–H groups in total. The molecular formula is C28H20Cl3N3O3S2. The Morgan fingerprint density at radius 2 is 1.74 bits per heavy atom. The minimum absolute atomic E-state index is 0.0624. The van der Waals surface area contributed by atoms with Crippen LogP contribution in [0.1, 0.15) is 33.9 Å². The highest BCUT2D eigenvalue weighted by Gasteiger charge is 2.48. The Hall–Kier alpha value is -2.88. The molecule has 1 fully saturated rings. The lowest BCUT2D eigenvalue weighted by atomic mass is 9.93. The van der Waals surface area contributed by atoms with Crippen LogP contribution in [-0.4, -0.2) is 27.0 Å². The molecule has 39 heavy (non-hydrogen) atoms. The lowest BCUT2D eigenvalue weighted by molar-refractivity contribution is -0.132. The number of aromatic nitrogens is 2. The first-order valence-corrected chi connectivity index (χ1v) is 14.6. The van der Waals surface area contributed by atoms with E-state index in [2.05, 4.69) is 10.2 Å². The Labute approximate surface area is 248 Å². The summed E-state index contributed by atoms with van der Waals surface area (Å²) < 4.78 is 0.592. The second kappa shape index (κ2) is 11.3. The fraction of sp³-hybridized carbons (Fsp3) is 0.143. The van der Waals surface area contributed by atoms with Crippen molar-refractivity contribution in [1.82, 2.24) is 10.2 Å². The van der Waals surface area contributed by atoms with E-state index in [0.717, 1.165) is 16.7 Å². The number of Topliss-reactive ketones (excluding diaryl/α,β-unsaturated/α-hetero) is 1. The van der Waals surface area contributed by atoms with Gasteiger partial charge in [-0.2, -0.15) is 0 Å². The highest BCUT2D eigenvalue weighted by molar-refractivity contribution is 8.00. The maximum atomic E-state index is 13.5. The van der Waals surface area contributed by atoms with Crippen LogP contribution in [-0.2, 0) is 15.3 Å². The first-order valence-electron chi connectivity index (χ1n) is 11.7. The molecule has 0 radical (unpaired) electrons. The third-order valence-corrected chi connectivity index (χ3v) is 9.48. The minimum atomic E-state index is -0.992. The van der Waals surface area contributed by atoms with Crippen LogP contribution in [0.2, 0.25) is 15.1 Å². The summed E-state index contributed by atoms with van der Waals surface area (Å²) in [5.74, 6) is -1.37. The topological polar surface area (TPSA) is 83.4 Å². The molecule has 1 aliphatic rings. The summed E-state index contributed by atoms with van der Waals surface area (Å²) >= 11 is 21.3. The summed E-state index contributed by atoms with van der Waals surface area (Å²) in [6.45, 7) is 3.71. The van der Waals surface area contributed by atoms with Crippen LogP contribution < -0.4 is 4.90 Å². The number of nitrogens with zero attached hydrogens (tertiary/aromatic N) is 3. The number of benzene rings is 3. The van der Waals surface area contributed by atoms with Crippen molar-refractivity contribution in [2.45, 2.75) is 30.0 Å². The van der Waals surface area contributed by atoms with E-state index in [4.69, 9.17) is 34.8 Å². The Morgan fingerprint density at radius 3 is 2.49 bits per heavy atom. The zero-order valence-corrected chi connectivity index (χ0v) is 24.5. The van der Waals surface area contributed by atoms with Crippen LogP contribution in [0.15, 0.2) is 70.6 Å². The van der Waals surface area contributed by atoms with E-state index in [9.17, 15) is 14.7 Å². The van der Waals surface area contributed by atoms with Gasteiger partial charge in [0.25, 0.3) is 5.78 Å². The largest absolute Gasteiger partial charge is 0.507 e. The van der Waals surface area contributed by atoms with Crippen LogP contribution in [0.3, 0.4) is 0 Å². The monoisotopic (exact) mass is 615 g/mol. The highest BCUT2D eigenvalue weighted by atomic mass is 35.5. The molecule has 0 spiro atoms. The van der Waals surface area contributed by atoms with Gasteiger partial charge < -0.3 is 5.11 Å². The number of halogens is 3. The number of amides is 1. The molecule has 1 amide bonds. The van der Waals surface area contributed by atoms with E-state index < -0.39 is 17.7 Å². The molecule has 5 rings (SSSR count). The second-order valence-electron chi connectivity index (χ2n) is 8.89. The van der Waals surface area contributed by atoms with Gasteiger partial charge in [0.2, 0.25) is 5.13 Å². The van der Waals surface area contributed by atoms with Gasteiger partial charge in [0, 0.05) is 16.3 Å². The fourth-order valence-electron chi connectivity index (χ4n) is 4.28. The van der Waals surface area contributed by atoms with E-state index in [1.165, 1.54) is 28.0 Å². The number of hydrogen-bond acceptors (Lipinski definition) is 7. The standard InChI is InChI=1S/C28H20Cl3N3O3S2/c1-14-7-8-15(2)18(11-14)24(35)22-23(16-9-10-20(30)21(31)12-16)34(26(37)25(22)36)27-32-33-28(39-27)38-13-17-5-3-4-6-19(17)29/h3-12,23,35H,13H2,1-2H3. The summed E-state index contributed by atoms with van der Waals surface area (Å²) in [4.78, 5) is 28.2. The molecule has 4 aromatic rings. The lowest BCUT2D eigenvalue weighted by Gasteiger charge is -2.23. The zero-order chi connectivity index (χ0) is 27.8. The number of aliphatic hydroxyl groups excluding tert-OH is 1. The molecule has 3 aromatic carbocycles. The van der Waals surface area contributed by atoms with Crippen molar-refractivity contribution in [3.63, 3.8) is 0 Å². The van der Waals surface area contributed by atoms with Crippen LogP contribution in [0, 0.1) is 13.8 Å². The first-order chi connectivity index (χ1) is 18.7. The van der Waals surface area contributed by atoms with E-state index >= 15 is 0 Å². The van der Waals surface area contributed by atoms with Gasteiger partial charge in [-0.25, -0.2) is 0 Å². The zero-order valence-electron chi connectivity index (χ0n) is 20.6. The summed E-state index contributed by atoms with van der Waals surface area (Å²) in [5.41, 5.74) is 3.48. The van der Waals surface area contributed by atoms with Crippen LogP contribution in [0.5, 0.6) is 0 Å². The number of anilines is 1. The van der Waals surface area contributed by atoms with Gasteiger partial charge in [-0.15, -0.1) is 10.2 Å². The van der Waals surface area contributed by atoms with Crippen molar-refractivity contribution >= 4 is 80.5 Å². The van der Waals surface area contributed by atoms with E-state index in [1.807, 2.05) is 50.2 Å². The Morgan fingerprint density at radius 1 is 0.974 bits per heavy atom. The predicted molar refractivity (Wildman–Crippen MR) is 158 cm³/mol. The quantitative estimate of drug-likeness (QED) is 0.0776. The van der Waals surface area contributed by atoms with Gasteiger partial charge in [-0.05, 0) is 54.8 Å². The fourth-order valence-corrected chi connectivity index (χ4v) is 6.74. The highest BCUT2D eigenvalue weighted by Crippen LogP contribution is 2.45.